The highest BCUT2D eigenvalue weighted by Gasteiger charge is 2.45. The van der Waals surface area contributed by atoms with Crippen molar-refractivity contribution in [3.05, 3.63) is 65.7 Å². The number of carbonyl (C=O) groups excluding carboxylic acids is 1. The number of piperidine rings is 1. The number of likely N-dealkylation sites (tertiary alicyclic amines) is 1. The summed E-state index contributed by atoms with van der Waals surface area (Å²) in [4.78, 5) is 15.3. The van der Waals surface area contributed by atoms with Crippen LogP contribution in [0.5, 0.6) is 5.75 Å². The van der Waals surface area contributed by atoms with Gasteiger partial charge in [0.15, 0.2) is 0 Å². The van der Waals surface area contributed by atoms with Crippen molar-refractivity contribution >= 4 is 5.91 Å². The quantitative estimate of drug-likeness (QED) is 0.758. The van der Waals surface area contributed by atoms with E-state index in [9.17, 15) is 9.90 Å². The van der Waals surface area contributed by atoms with Gasteiger partial charge in [0, 0.05) is 37.6 Å². The number of hydrogen-bond acceptors (Lipinski definition) is 4. The van der Waals surface area contributed by atoms with Gasteiger partial charge in [0.1, 0.15) is 5.75 Å². The summed E-state index contributed by atoms with van der Waals surface area (Å²) in [7, 11) is 1.66. The Morgan fingerprint density at radius 2 is 2.03 bits per heavy atom. The highest BCUT2D eigenvalue weighted by atomic mass is 16.5. The smallest absolute Gasteiger partial charge is 0.224 e. The predicted molar refractivity (Wildman–Crippen MR) is 113 cm³/mol. The van der Waals surface area contributed by atoms with Crippen molar-refractivity contribution in [3.8, 4) is 5.75 Å². The van der Waals surface area contributed by atoms with Gasteiger partial charge in [0.2, 0.25) is 5.91 Å². The van der Waals surface area contributed by atoms with E-state index < -0.39 is 0 Å². The molecular formula is C24H30N2O3. The maximum absolute atomic E-state index is 12.9. The highest BCUT2D eigenvalue weighted by molar-refractivity contribution is 5.83. The second-order valence-electron chi connectivity index (χ2n) is 8.29. The number of nitrogens with zero attached hydrogens (tertiary/aromatic N) is 1. The topological polar surface area (TPSA) is 61.8 Å². The van der Waals surface area contributed by atoms with E-state index in [1.807, 2.05) is 24.3 Å². The first kappa shape index (κ1) is 19.9. The minimum atomic E-state index is -0.00322. The molecule has 1 heterocycles. The molecule has 0 bridgehead atoms. The second-order valence-corrected chi connectivity index (χ2v) is 8.29. The van der Waals surface area contributed by atoms with Gasteiger partial charge in [-0.25, -0.2) is 0 Å². The fraction of sp³-hybridized carbons (Fsp3) is 0.458. The number of benzene rings is 2. The van der Waals surface area contributed by atoms with E-state index >= 15 is 0 Å². The first-order chi connectivity index (χ1) is 14.2. The Labute approximate surface area is 172 Å². The van der Waals surface area contributed by atoms with Crippen molar-refractivity contribution in [2.45, 2.75) is 31.3 Å². The van der Waals surface area contributed by atoms with Crippen LogP contribution in [0.15, 0.2) is 54.6 Å². The van der Waals surface area contributed by atoms with Gasteiger partial charge in [0.05, 0.1) is 7.11 Å². The van der Waals surface area contributed by atoms with Crippen molar-refractivity contribution in [2.75, 3.05) is 26.8 Å². The molecule has 2 N–H and O–H groups in total. The van der Waals surface area contributed by atoms with E-state index in [1.165, 1.54) is 5.56 Å². The lowest BCUT2D eigenvalue weighted by molar-refractivity contribution is -0.124. The summed E-state index contributed by atoms with van der Waals surface area (Å²) >= 11 is 0. The molecule has 1 saturated heterocycles. The van der Waals surface area contributed by atoms with Gasteiger partial charge in [-0.05, 0) is 48.6 Å². The molecule has 1 aliphatic carbocycles. The Bertz CT molecular complexity index is 826. The van der Waals surface area contributed by atoms with Gasteiger partial charge in [-0.15, -0.1) is 0 Å². The van der Waals surface area contributed by atoms with Crippen molar-refractivity contribution in [3.63, 3.8) is 0 Å². The maximum atomic E-state index is 12.9. The molecule has 2 aromatic carbocycles. The second kappa shape index (κ2) is 8.97. The normalized spacial score (nSPS) is 26.7. The van der Waals surface area contributed by atoms with E-state index in [4.69, 9.17) is 4.74 Å². The van der Waals surface area contributed by atoms with E-state index in [0.717, 1.165) is 43.8 Å². The molecule has 2 aliphatic rings. The molecule has 0 aromatic heterocycles. The summed E-state index contributed by atoms with van der Waals surface area (Å²) in [5.41, 5.74) is 2.44. The van der Waals surface area contributed by atoms with E-state index in [2.05, 4.69) is 40.5 Å². The van der Waals surface area contributed by atoms with Crippen LogP contribution >= 0.6 is 0 Å². The monoisotopic (exact) mass is 394 g/mol. The molecule has 5 heteroatoms. The average molecular weight is 395 g/mol. The Morgan fingerprint density at radius 3 is 2.79 bits per heavy atom. The van der Waals surface area contributed by atoms with Crippen molar-refractivity contribution in [1.29, 1.82) is 0 Å². The molecule has 4 unspecified atom stereocenters. The van der Waals surface area contributed by atoms with Crippen molar-refractivity contribution in [1.82, 2.24) is 10.2 Å². The number of ether oxygens (including phenoxy) is 1. The number of methoxy groups -OCH3 is 1. The average Bonchev–Trinajstić information content (AvgIpc) is 3.56. The SMILES string of the molecule is COc1cccc(C2CC2C(=O)NC2CN(Cc3ccccc3)CCC2CO)c1. The lowest BCUT2D eigenvalue weighted by atomic mass is 9.91. The minimum Gasteiger partial charge on any atom is -0.497 e. The number of amides is 1. The third-order valence-electron chi connectivity index (χ3n) is 6.30. The summed E-state index contributed by atoms with van der Waals surface area (Å²) in [6.45, 7) is 2.72. The molecule has 0 radical (unpaired) electrons. The van der Waals surface area contributed by atoms with Gasteiger partial charge in [-0.2, -0.15) is 0 Å². The number of aliphatic hydroxyl groups excluding tert-OH is 1. The molecule has 4 rings (SSSR count). The number of carbonyl (C=O) groups is 1. The van der Waals surface area contributed by atoms with Crippen LogP contribution in [0, 0.1) is 11.8 Å². The Hall–Kier alpha value is -2.37. The largest absolute Gasteiger partial charge is 0.497 e. The van der Waals surface area contributed by atoms with Crippen LogP contribution in [0.1, 0.15) is 29.9 Å². The van der Waals surface area contributed by atoms with Crippen LogP contribution in [0.4, 0.5) is 0 Å². The fourth-order valence-electron chi connectivity index (χ4n) is 4.45. The Balaban J connectivity index is 1.35. The molecular weight excluding hydrogens is 364 g/mol. The zero-order valence-electron chi connectivity index (χ0n) is 17.0. The van der Waals surface area contributed by atoms with Gasteiger partial charge in [0.25, 0.3) is 0 Å². The number of rotatable bonds is 7. The lowest BCUT2D eigenvalue weighted by Gasteiger charge is -2.38. The standard InChI is InChI=1S/C24H30N2O3/c1-29-20-9-5-8-18(12-20)21-13-22(21)24(28)25-23-15-26(11-10-19(23)16-27)14-17-6-3-2-4-7-17/h2-9,12,19,21-23,27H,10-11,13-16H2,1H3,(H,25,28). The number of hydrogen-bond donors (Lipinski definition) is 2. The first-order valence-corrected chi connectivity index (χ1v) is 10.5. The van der Waals surface area contributed by atoms with Crippen LogP contribution < -0.4 is 10.1 Å². The van der Waals surface area contributed by atoms with Gasteiger partial charge in [-0.3, -0.25) is 9.69 Å². The maximum Gasteiger partial charge on any atom is 0.224 e. The molecule has 0 spiro atoms. The van der Waals surface area contributed by atoms with Crippen LogP contribution in [0.2, 0.25) is 0 Å². The lowest BCUT2D eigenvalue weighted by Crippen LogP contribution is -2.53. The number of nitrogens with one attached hydrogen (secondary N) is 1. The zero-order valence-corrected chi connectivity index (χ0v) is 17.0. The van der Waals surface area contributed by atoms with Gasteiger partial charge < -0.3 is 15.2 Å². The van der Waals surface area contributed by atoms with E-state index in [-0.39, 0.29) is 36.3 Å². The first-order valence-electron chi connectivity index (χ1n) is 10.5. The van der Waals surface area contributed by atoms with E-state index in [1.54, 1.807) is 7.11 Å². The van der Waals surface area contributed by atoms with Crippen LogP contribution in [-0.2, 0) is 11.3 Å². The van der Waals surface area contributed by atoms with Crippen LogP contribution in [0.3, 0.4) is 0 Å². The summed E-state index contributed by atoms with van der Waals surface area (Å²) < 4.78 is 5.31. The minimum absolute atomic E-state index is 0.00322. The molecule has 154 valence electrons. The third kappa shape index (κ3) is 4.80. The summed E-state index contributed by atoms with van der Waals surface area (Å²) in [5.74, 6) is 1.35. The van der Waals surface area contributed by atoms with Gasteiger partial charge >= 0.3 is 0 Å². The molecule has 1 aliphatic heterocycles. The van der Waals surface area contributed by atoms with Crippen molar-refractivity contribution in [2.24, 2.45) is 11.8 Å². The summed E-state index contributed by atoms with van der Waals surface area (Å²) in [5, 5.41) is 13.1. The molecule has 1 saturated carbocycles. The van der Waals surface area contributed by atoms with Gasteiger partial charge in [-0.1, -0.05) is 42.5 Å². The van der Waals surface area contributed by atoms with Crippen molar-refractivity contribution < 1.29 is 14.6 Å². The van der Waals surface area contributed by atoms with Crippen LogP contribution in [-0.4, -0.2) is 48.8 Å². The highest BCUT2D eigenvalue weighted by Crippen LogP contribution is 2.48. The third-order valence-corrected chi connectivity index (χ3v) is 6.30. The molecule has 4 atom stereocenters. The molecule has 2 fully saturated rings. The molecule has 1 amide bonds. The zero-order chi connectivity index (χ0) is 20.2. The predicted octanol–water partition coefficient (Wildman–Crippen LogP) is 2.80. The Kier molecular flexibility index (Phi) is 6.16. The Morgan fingerprint density at radius 1 is 1.21 bits per heavy atom. The fourth-order valence-corrected chi connectivity index (χ4v) is 4.45. The molecule has 5 nitrogen and oxygen atoms in total. The number of aliphatic hydroxyl groups is 1. The molecule has 29 heavy (non-hydrogen) atoms. The molecule has 2 aromatic rings. The summed E-state index contributed by atoms with van der Waals surface area (Å²) in [6.07, 6.45) is 1.78. The summed E-state index contributed by atoms with van der Waals surface area (Å²) in [6, 6.07) is 18.4. The van der Waals surface area contributed by atoms with Crippen LogP contribution in [0.25, 0.3) is 0 Å². The van der Waals surface area contributed by atoms with E-state index in [0.29, 0.717) is 0 Å².